The number of hydrogen-bond donors (Lipinski definition) is 1. The second-order valence-corrected chi connectivity index (χ2v) is 9.82. The fraction of sp³-hybridized carbons (Fsp3) is 0.148. The fourth-order valence-electron chi connectivity index (χ4n) is 4.05. The first kappa shape index (κ1) is 23.3. The van der Waals surface area contributed by atoms with Gasteiger partial charge in [-0.1, -0.05) is 42.1 Å². The Hall–Kier alpha value is -4.42. The average molecular weight is 495 g/mol. The predicted molar refractivity (Wildman–Crippen MR) is 141 cm³/mol. The van der Waals surface area contributed by atoms with Crippen LogP contribution in [-0.2, 0) is 4.79 Å². The van der Waals surface area contributed by atoms with Crippen LogP contribution < -0.4 is 10.9 Å². The summed E-state index contributed by atoms with van der Waals surface area (Å²) < 4.78 is 3.41. The third-order valence-corrected chi connectivity index (χ3v) is 6.95. The first-order valence-corrected chi connectivity index (χ1v) is 12.2. The summed E-state index contributed by atoms with van der Waals surface area (Å²) in [6.07, 6.45) is 0. The topological polar surface area (TPSA) is 105 Å². The van der Waals surface area contributed by atoms with Crippen molar-refractivity contribution < 1.29 is 4.79 Å². The van der Waals surface area contributed by atoms with Gasteiger partial charge in [0.05, 0.1) is 33.5 Å². The lowest BCUT2D eigenvalue weighted by Gasteiger charge is -2.15. The van der Waals surface area contributed by atoms with Crippen LogP contribution in [0.25, 0.3) is 22.4 Å². The highest BCUT2D eigenvalue weighted by atomic mass is 32.2. The van der Waals surface area contributed by atoms with E-state index in [1.54, 1.807) is 41.8 Å². The molecule has 0 radical (unpaired) electrons. The Morgan fingerprint density at radius 3 is 2.67 bits per heavy atom. The fourth-order valence-corrected chi connectivity index (χ4v) is 4.91. The summed E-state index contributed by atoms with van der Waals surface area (Å²) in [6, 6.07) is 22.1. The highest BCUT2D eigenvalue weighted by Gasteiger charge is 2.23. The van der Waals surface area contributed by atoms with Gasteiger partial charge in [-0.2, -0.15) is 5.26 Å². The van der Waals surface area contributed by atoms with Gasteiger partial charge in [0.2, 0.25) is 11.7 Å². The Balaban J connectivity index is 1.59. The third kappa shape index (κ3) is 4.12. The molecule has 5 rings (SSSR count). The number of aromatic nitrogens is 4. The van der Waals surface area contributed by atoms with Crippen molar-refractivity contribution in [2.45, 2.75) is 31.2 Å². The summed E-state index contributed by atoms with van der Waals surface area (Å²) in [4.78, 5) is 26.5. The van der Waals surface area contributed by atoms with E-state index in [1.165, 1.54) is 11.8 Å². The smallest absolute Gasteiger partial charge is 0.267 e. The van der Waals surface area contributed by atoms with Gasteiger partial charge in [-0.25, -0.2) is 4.57 Å². The van der Waals surface area contributed by atoms with Gasteiger partial charge in [0.25, 0.3) is 5.56 Å². The second kappa shape index (κ2) is 9.32. The monoisotopic (exact) mass is 494 g/mol. The molecule has 36 heavy (non-hydrogen) atoms. The molecule has 8 nitrogen and oxygen atoms in total. The highest BCUT2D eigenvalue weighted by molar-refractivity contribution is 8.00. The van der Waals surface area contributed by atoms with Gasteiger partial charge < -0.3 is 5.32 Å². The number of para-hydroxylation sites is 1. The van der Waals surface area contributed by atoms with Crippen LogP contribution in [0.4, 0.5) is 5.69 Å². The van der Waals surface area contributed by atoms with Crippen molar-refractivity contribution in [1.29, 1.82) is 5.26 Å². The van der Waals surface area contributed by atoms with Gasteiger partial charge >= 0.3 is 0 Å². The number of benzene rings is 3. The van der Waals surface area contributed by atoms with E-state index in [4.69, 9.17) is 5.26 Å². The Morgan fingerprint density at radius 2 is 1.86 bits per heavy atom. The van der Waals surface area contributed by atoms with Crippen molar-refractivity contribution >= 4 is 40.0 Å². The number of nitrogens with one attached hydrogen (secondary N) is 1. The van der Waals surface area contributed by atoms with E-state index in [0.29, 0.717) is 33.1 Å². The average Bonchev–Trinajstić information content (AvgIpc) is 3.29. The Bertz CT molecular complexity index is 1750. The lowest BCUT2D eigenvalue weighted by molar-refractivity contribution is -0.115. The molecule has 0 bridgehead atoms. The zero-order chi connectivity index (χ0) is 25.4. The van der Waals surface area contributed by atoms with Gasteiger partial charge in [-0.3, -0.25) is 14.0 Å². The van der Waals surface area contributed by atoms with Crippen LogP contribution in [0.1, 0.15) is 23.6 Å². The van der Waals surface area contributed by atoms with Crippen molar-refractivity contribution in [3.63, 3.8) is 0 Å². The summed E-state index contributed by atoms with van der Waals surface area (Å²) in [7, 11) is 0. The molecule has 178 valence electrons. The molecule has 5 aromatic rings. The maximum atomic E-state index is 13.6. The second-order valence-electron chi connectivity index (χ2n) is 8.51. The molecule has 0 fully saturated rings. The van der Waals surface area contributed by atoms with Gasteiger partial charge in [0, 0.05) is 5.69 Å². The lowest BCUT2D eigenvalue weighted by atomic mass is 10.1. The number of nitriles is 1. The summed E-state index contributed by atoms with van der Waals surface area (Å²) in [5, 5.41) is 21.2. The van der Waals surface area contributed by atoms with E-state index in [1.807, 2.05) is 54.6 Å². The minimum absolute atomic E-state index is 0.182. The molecule has 0 unspecified atom stereocenters. The van der Waals surface area contributed by atoms with E-state index in [9.17, 15) is 9.59 Å². The zero-order valence-corrected chi connectivity index (χ0v) is 20.7. The molecule has 0 aliphatic heterocycles. The number of fused-ring (bicyclic) bond motifs is 3. The predicted octanol–water partition coefficient (Wildman–Crippen LogP) is 4.64. The molecule has 9 heteroatoms. The van der Waals surface area contributed by atoms with Crippen molar-refractivity contribution in [3.05, 3.63) is 93.8 Å². The normalized spacial score (nSPS) is 11.9. The first-order valence-electron chi connectivity index (χ1n) is 11.3. The SMILES string of the molecule is Cc1ccc(C)c(-n2c(=O)c3ccccc3n3c(S[C@@H](C)C(=O)Nc4cccc(C#N)c4)nnc23)c1. The van der Waals surface area contributed by atoms with Crippen LogP contribution in [-0.4, -0.2) is 30.3 Å². The summed E-state index contributed by atoms with van der Waals surface area (Å²) in [5.74, 6) is 0.142. The van der Waals surface area contributed by atoms with Crippen LogP contribution in [0.15, 0.2) is 76.7 Å². The molecule has 2 heterocycles. The lowest BCUT2D eigenvalue weighted by Crippen LogP contribution is -2.24. The van der Waals surface area contributed by atoms with Crippen LogP contribution >= 0.6 is 11.8 Å². The Morgan fingerprint density at radius 1 is 1.06 bits per heavy atom. The summed E-state index contributed by atoms with van der Waals surface area (Å²) >= 11 is 1.25. The molecule has 0 saturated carbocycles. The number of hydrogen-bond acceptors (Lipinski definition) is 6. The minimum atomic E-state index is -0.525. The molecule has 0 aliphatic rings. The van der Waals surface area contributed by atoms with Gasteiger partial charge in [0.15, 0.2) is 5.16 Å². The Labute approximate surface area is 211 Å². The maximum Gasteiger partial charge on any atom is 0.267 e. The summed E-state index contributed by atoms with van der Waals surface area (Å²) in [6.45, 7) is 5.70. The quantitative estimate of drug-likeness (QED) is 0.357. The van der Waals surface area contributed by atoms with Crippen LogP contribution in [0.3, 0.4) is 0 Å². The molecule has 2 aromatic heterocycles. The first-order chi connectivity index (χ1) is 17.4. The van der Waals surface area contributed by atoms with E-state index in [0.717, 1.165) is 16.8 Å². The number of carbonyl (C=O) groups is 1. The van der Waals surface area contributed by atoms with Crippen LogP contribution in [0.5, 0.6) is 0 Å². The number of carbonyl (C=O) groups excluding carboxylic acids is 1. The van der Waals surface area contributed by atoms with Crippen LogP contribution in [0.2, 0.25) is 0 Å². The van der Waals surface area contributed by atoms with Crippen LogP contribution in [0, 0.1) is 25.2 Å². The molecule has 1 atom stereocenters. The summed E-state index contributed by atoms with van der Waals surface area (Å²) in [5.41, 5.74) is 4.19. The van der Waals surface area contributed by atoms with Gasteiger partial charge in [0.1, 0.15) is 0 Å². The van der Waals surface area contributed by atoms with E-state index in [2.05, 4.69) is 21.6 Å². The zero-order valence-electron chi connectivity index (χ0n) is 19.9. The number of amides is 1. The van der Waals surface area contributed by atoms with Crippen molar-refractivity contribution in [3.8, 4) is 11.8 Å². The number of thioether (sulfide) groups is 1. The molecule has 0 spiro atoms. The van der Waals surface area contributed by atoms with E-state index < -0.39 is 5.25 Å². The largest absolute Gasteiger partial charge is 0.325 e. The standard InChI is InChI=1S/C27H22N6O2S/c1-16-11-12-17(2)23(13-16)32-25(35)21-9-4-5-10-22(21)33-26(32)30-31-27(33)36-18(3)24(34)29-20-8-6-7-19(14-20)15-28/h4-14,18H,1-3H3,(H,29,34)/t18-/m0/s1. The highest BCUT2D eigenvalue weighted by Crippen LogP contribution is 2.27. The number of nitrogens with zero attached hydrogens (tertiary/aromatic N) is 5. The molecule has 3 aromatic carbocycles. The van der Waals surface area contributed by atoms with Gasteiger partial charge in [-0.05, 0) is 68.3 Å². The minimum Gasteiger partial charge on any atom is -0.325 e. The Kier molecular flexibility index (Phi) is 6.04. The molecule has 0 saturated heterocycles. The van der Waals surface area contributed by atoms with Crippen molar-refractivity contribution in [2.75, 3.05) is 5.32 Å². The molecule has 1 amide bonds. The molecular formula is C27H22N6O2S. The number of anilines is 1. The third-order valence-electron chi connectivity index (χ3n) is 5.91. The van der Waals surface area contributed by atoms with E-state index >= 15 is 0 Å². The number of rotatable bonds is 5. The van der Waals surface area contributed by atoms with Gasteiger partial charge in [-0.15, -0.1) is 10.2 Å². The molecule has 0 aliphatic carbocycles. The van der Waals surface area contributed by atoms with Crippen molar-refractivity contribution in [1.82, 2.24) is 19.2 Å². The molecule has 1 N–H and O–H groups in total. The molecular weight excluding hydrogens is 472 g/mol. The number of aryl methyl sites for hydroxylation is 2. The van der Waals surface area contributed by atoms with Crippen molar-refractivity contribution in [2.24, 2.45) is 0 Å². The maximum absolute atomic E-state index is 13.6. The van der Waals surface area contributed by atoms with E-state index in [-0.39, 0.29) is 11.5 Å².